The molecule has 50 heavy (non-hydrogen) atoms. The largest absolute Gasteiger partial charge is 0.308 e. The van der Waals surface area contributed by atoms with Crippen LogP contribution in [0.3, 0.4) is 0 Å². The van der Waals surface area contributed by atoms with Gasteiger partial charge in [-0.05, 0) is 53.6 Å². The van der Waals surface area contributed by atoms with Crippen LogP contribution in [-0.4, -0.2) is 19.5 Å². The van der Waals surface area contributed by atoms with Crippen molar-refractivity contribution in [2.75, 3.05) is 0 Å². The van der Waals surface area contributed by atoms with Gasteiger partial charge in [0.05, 0.1) is 15.7 Å². The minimum Gasteiger partial charge on any atom is -0.308 e. The number of hydrogen-bond acceptors (Lipinski definition) is 4. The monoisotopic (exact) mass is 656 g/mol. The van der Waals surface area contributed by atoms with E-state index in [1.165, 1.54) is 53.1 Å². The maximum Gasteiger partial charge on any atom is 0.164 e. The zero-order valence-electron chi connectivity index (χ0n) is 26.9. The average Bonchev–Trinajstić information content (AvgIpc) is 3.74. The first-order chi connectivity index (χ1) is 24.8. The van der Waals surface area contributed by atoms with Crippen LogP contribution in [0.25, 0.3) is 93.0 Å². The van der Waals surface area contributed by atoms with E-state index in [4.69, 9.17) is 15.0 Å². The fourth-order valence-electron chi connectivity index (χ4n) is 7.06. The van der Waals surface area contributed by atoms with Gasteiger partial charge in [0.1, 0.15) is 0 Å². The van der Waals surface area contributed by atoms with Crippen LogP contribution in [0.15, 0.2) is 170 Å². The first-order valence-corrected chi connectivity index (χ1v) is 17.5. The molecule has 0 saturated carbocycles. The lowest BCUT2D eigenvalue weighted by molar-refractivity contribution is 1.07. The summed E-state index contributed by atoms with van der Waals surface area (Å²) >= 11 is 1.87. The van der Waals surface area contributed by atoms with Gasteiger partial charge in [-0.1, -0.05) is 127 Å². The third-order valence-corrected chi connectivity index (χ3v) is 10.7. The van der Waals surface area contributed by atoms with E-state index in [1.54, 1.807) is 0 Å². The molecule has 0 bridgehead atoms. The van der Waals surface area contributed by atoms with Crippen molar-refractivity contribution in [2.45, 2.75) is 0 Å². The minimum absolute atomic E-state index is 0.644. The fraction of sp³-hybridized carbons (Fsp3) is 0. The van der Waals surface area contributed by atoms with E-state index in [2.05, 4.69) is 114 Å². The van der Waals surface area contributed by atoms with Crippen LogP contribution in [0.2, 0.25) is 0 Å². The van der Waals surface area contributed by atoms with Gasteiger partial charge in [-0.25, -0.2) is 15.0 Å². The second kappa shape index (κ2) is 11.6. The van der Waals surface area contributed by atoms with Crippen LogP contribution in [0.5, 0.6) is 0 Å². The Bertz CT molecular complexity index is 2780. The van der Waals surface area contributed by atoms with Crippen LogP contribution in [0.1, 0.15) is 0 Å². The first kappa shape index (κ1) is 28.6. The molecule has 0 unspecified atom stereocenters. The van der Waals surface area contributed by atoms with Crippen LogP contribution < -0.4 is 0 Å². The molecule has 234 valence electrons. The topological polar surface area (TPSA) is 43.6 Å². The Morgan fingerprint density at radius 2 is 0.900 bits per heavy atom. The third kappa shape index (κ3) is 4.71. The zero-order chi connectivity index (χ0) is 33.0. The number of rotatable bonds is 5. The summed E-state index contributed by atoms with van der Waals surface area (Å²) in [6.07, 6.45) is 0. The highest BCUT2D eigenvalue weighted by Gasteiger charge is 2.19. The number of thiophene rings is 1. The van der Waals surface area contributed by atoms with Crippen LogP contribution in [0.4, 0.5) is 0 Å². The lowest BCUT2D eigenvalue weighted by Crippen LogP contribution is -2.00. The Morgan fingerprint density at radius 3 is 1.54 bits per heavy atom. The van der Waals surface area contributed by atoms with Gasteiger partial charge >= 0.3 is 0 Å². The van der Waals surface area contributed by atoms with E-state index in [0.717, 1.165) is 22.4 Å². The smallest absolute Gasteiger partial charge is 0.164 e. The van der Waals surface area contributed by atoms with Gasteiger partial charge in [-0.15, -0.1) is 11.3 Å². The maximum absolute atomic E-state index is 4.97. The molecule has 3 heterocycles. The second-order valence-electron chi connectivity index (χ2n) is 12.5. The number of aromatic nitrogens is 4. The summed E-state index contributed by atoms with van der Waals surface area (Å²) in [6.45, 7) is 0. The molecule has 0 fully saturated rings. The Labute approximate surface area is 292 Å². The lowest BCUT2D eigenvalue weighted by Gasteiger charge is -2.11. The van der Waals surface area contributed by atoms with E-state index in [0.29, 0.717) is 17.5 Å². The summed E-state index contributed by atoms with van der Waals surface area (Å²) in [6, 6.07) is 59.7. The van der Waals surface area contributed by atoms with E-state index >= 15 is 0 Å². The summed E-state index contributed by atoms with van der Waals surface area (Å²) in [5.41, 5.74) is 8.77. The molecule has 0 spiro atoms. The Balaban J connectivity index is 1.17. The zero-order valence-corrected chi connectivity index (χ0v) is 27.7. The van der Waals surface area contributed by atoms with Crippen molar-refractivity contribution >= 4 is 53.3 Å². The van der Waals surface area contributed by atoms with Crippen molar-refractivity contribution in [3.8, 4) is 51.0 Å². The van der Waals surface area contributed by atoms with Gasteiger partial charge in [0.25, 0.3) is 0 Å². The summed E-state index contributed by atoms with van der Waals surface area (Å²) < 4.78 is 5.02. The summed E-state index contributed by atoms with van der Waals surface area (Å²) in [5, 5.41) is 5.07. The molecule has 5 heteroatoms. The Morgan fingerprint density at radius 1 is 0.380 bits per heavy atom. The highest BCUT2D eigenvalue weighted by atomic mass is 32.1. The van der Waals surface area contributed by atoms with Crippen molar-refractivity contribution in [3.05, 3.63) is 170 Å². The van der Waals surface area contributed by atoms with Crippen molar-refractivity contribution in [3.63, 3.8) is 0 Å². The van der Waals surface area contributed by atoms with E-state index in [9.17, 15) is 0 Å². The number of nitrogens with zero attached hydrogens (tertiary/aromatic N) is 4. The molecule has 0 radical (unpaired) electrons. The molecule has 0 aliphatic carbocycles. The maximum atomic E-state index is 4.97. The van der Waals surface area contributed by atoms with Gasteiger partial charge in [-0.3, -0.25) is 0 Å². The predicted molar refractivity (Wildman–Crippen MR) is 209 cm³/mol. The van der Waals surface area contributed by atoms with Gasteiger partial charge in [-0.2, -0.15) is 0 Å². The molecular formula is C45H28N4S. The normalized spacial score (nSPS) is 11.6. The average molecular weight is 657 g/mol. The molecule has 0 atom stereocenters. The number of hydrogen-bond donors (Lipinski definition) is 0. The third-order valence-electron chi connectivity index (χ3n) is 9.46. The summed E-state index contributed by atoms with van der Waals surface area (Å²) in [5.74, 6) is 1.95. The number of benzene rings is 7. The molecule has 0 saturated heterocycles. The van der Waals surface area contributed by atoms with Crippen molar-refractivity contribution in [1.82, 2.24) is 19.5 Å². The van der Waals surface area contributed by atoms with E-state index in [1.807, 2.05) is 72.0 Å². The van der Waals surface area contributed by atoms with Gasteiger partial charge in [0, 0.05) is 48.6 Å². The molecule has 4 nitrogen and oxygen atoms in total. The predicted octanol–water partition coefficient (Wildman–Crippen LogP) is 12.0. The molecule has 10 rings (SSSR count). The van der Waals surface area contributed by atoms with Crippen molar-refractivity contribution in [1.29, 1.82) is 0 Å². The molecule has 10 aromatic rings. The fourth-order valence-corrected chi connectivity index (χ4v) is 8.30. The van der Waals surface area contributed by atoms with Crippen LogP contribution in [-0.2, 0) is 0 Å². The van der Waals surface area contributed by atoms with Gasteiger partial charge in [0.2, 0.25) is 0 Å². The molecular weight excluding hydrogens is 629 g/mol. The van der Waals surface area contributed by atoms with Gasteiger partial charge < -0.3 is 4.57 Å². The molecule has 3 aromatic heterocycles. The second-order valence-corrected chi connectivity index (χ2v) is 13.5. The standard InChI is InChI=1S/C45H28N4S/c1-4-12-29(13-5-1)33-22-27-39-38(28-33)36-25-26-37-35-18-10-11-19-40(35)50-42(37)41(36)49(39)34-23-20-32(21-24-34)45-47-43(30-14-6-2-7-15-30)46-44(48-45)31-16-8-3-9-17-31/h1-28H. The highest BCUT2D eigenvalue weighted by Crippen LogP contribution is 2.43. The minimum atomic E-state index is 0.644. The number of fused-ring (bicyclic) bond motifs is 7. The van der Waals surface area contributed by atoms with Crippen molar-refractivity contribution < 1.29 is 0 Å². The van der Waals surface area contributed by atoms with E-state index in [-0.39, 0.29) is 0 Å². The summed E-state index contributed by atoms with van der Waals surface area (Å²) in [4.78, 5) is 14.8. The quantitative estimate of drug-likeness (QED) is 0.185. The molecule has 0 aliphatic rings. The van der Waals surface area contributed by atoms with Crippen molar-refractivity contribution in [2.24, 2.45) is 0 Å². The molecule has 7 aromatic carbocycles. The Kier molecular flexibility index (Phi) is 6.64. The van der Waals surface area contributed by atoms with Crippen LogP contribution in [0, 0.1) is 0 Å². The van der Waals surface area contributed by atoms with E-state index < -0.39 is 0 Å². The first-order valence-electron chi connectivity index (χ1n) is 16.7. The highest BCUT2D eigenvalue weighted by molar-refractivity contribution is 7.26. The lowest BCUT2D eigenvalue weighted by atomic mass is 10.0. The van der Waals surface area contributed by atoms with Crippen LogP contribution >= 0.6 is 11.3 Å². The molecule has 0 aliphatic heterocycles. The molecule has 0 amide bonds. The molecule has 0 N–H and O–H groups in total. The SMILES string of the molecule is c1ccc(-c2ccc3c(c2)c2ccc4c5ccccc5sc4c2n3-c2ccc(-c3nc(-c4ccccc4)nc(-c4ccccc4)n3)cc2)cc1. The Hall–Kier alpha value is -6.43. The summed E-state index contributed by atoms with van der Waals surface area (Å²) in [7, 11) is 0. The van der Waals surface area contributed by atoms with Gasteiger partial charge in [0.15, 0.2) is 17.5 Å².